The second-order valence-electron chi connectivity index (χ2n) is 4.71. The Balaban J connectivity index is 2.04. The normalized spacial score (nSPS) is 22.5. The van der Waals surface area contributed by atoms with E-state index in [1.807, 2.05) is 0 Å². The van der Waals surface area contributed by atoms with Crippen molar-refractivity contribution < 1.29 is 18.7 Å². The Kier molecular flexibility index (Phi) is 4.11. The number of carbonyl (C=O) groups excluding carboxylic acids is 1. The minimum absolute atomic E-state index is 0.147. The molecule has 19 heavy (non-hydrogen) atoms. The van der Waals surface area contributed by atoms with Gasteiger partial charge in [-0.1, -0.05) is 6.07 Å². The van der Waals surface area contributed by atoms with Gasteiger partial charge in [-0.15, -0.1) is 0 Å². The monoisotopic (exact) mass is 270 g/mol. The lowest BCUT2D eigenvalue weighted by atomic mass is 10.1. The number of hydrogen-bond donors (Lipinski definition) is 2. The molecule has 0 spiro atoms. The van der Waals surface area contributed by atoms with Gasteiger partial charge in [0.1, 0.15) is 11.6 Å². The summed E-state index contributed by atoms with van der Waals surface area (Å²) in [5.74, 6) is -1.71. The van der Waals surface area contributed by atoms with Gasteiger partial charge in [-0.25, -0.2) is 8.78 Å². The molecule has 0 aromatic heterocycles. The second-order valence-corrected chi connectivity index (χ2v) is 4.71. The lowest BCUT2D eigenvalue weighted by Gasteiger charge is -2.26. The van der Waals surface area contributed by atoms with Crippen molar-refractivity contribution in [3.8, 4) is 0 Å². The highest BCUT2D eigenvalue weighted by Gasteiger charge is 2.31. The van der Waals surface area contributed by atoms with Gasteiger partial charge >= 0.3 is 0 Å². The molecule has 1 aromatic carbocycles. The summed E-state index contributed by atoms with van der Waals surface area (Å²) in [6.07, 6.45) is -0.765. The minimum atomic E-state index is -0.730. The molecule has 1 heterocycles. The number of aliphatic hydroxyl groups is 1. The maximum absolute atomic E-state index is 13.5. The SMILES string of the molecule is CN(C(=O)Cc1ccc(F)cc1F)[C@@H]1CNC[C@H]1O. The lowest BCUT2D eigenvalue weighted by molar-refractivity contribution is -0.132. The first-order valence-corrected chi connectivity index (χ1v) is 6.07. The molecule has 0 saturated carbocycles. The molecule has 1 aromatic rings. The van der Waals surface area contributed by atoms with Crippen molar-refractivity contribution in [2.45, 2.75) is 18.6 Å². The topological polar surface area (TPSA) is 52.6 Å². The highest BCUT2D eigenvalue weighted by Crippen LogP contribution is 2.13. The number of β-amino-alcohol motifs (C(OH)–C–C–N with tert-alkyl or cyclic N) is 1. The summed E-state index contributed by atoms with van der Waals surface area (Å²) in [6.45, 7) is 0.947. The molecule has 1 amide bonds. The largest absolute Gasteiger partial charge is 0.390 e. The van der Waals surface area contributed by atoms with Crippen LogP contribution >= 0.6 is 0 Å². The number of amides is 1. The Labute approximate surface area is 110 Å². The zero-order valence-electron chi connectivity index (χ0n) is 10.6. The predicted molar refractivity (Wildman–Crippen MR) is 65.5 cm³/mol. The van der Waals surface area contributed by atoms with Crippen LogP contribution in [-0.2, 0) is 11.2 Å². The Hall–Kier alpha value is -1.53. The van der Waals surface area contributed by atoms with Crippen LogP contribution in [0, 0.1) is 11.6 Å². The van der Waals surface area contributed by atoms with Gasteiger partial charge in [-0.05, 0) is 11.6 Å². The second kappa shape index (κ2) is 5.63. The quantitative estimate of drug-likeness (QED) is 0.830. The van der Waals surface area contributed by atoms with Gasteiger partial charge in [0.05, 0.1) is 18.6 Å². The van der Waals surface area contributed by atoms with Crippen molar-refractivity contribution in [3.05, 3.63) is 35.4 Å². The van der Waals surface area contributed by atoms with Gasteiger partial charge in [-0.3, -0.25) is 4.79 Å². The molecular weight excluding hydrogens is 254 g/mol. The number of carbonyl (C=O) groups is 1. The van der Waals surface area contributed by atoms with E-state index in [1.165, 1.54) is 11.0 Å². The van der Waals surface area contributed by atoms with Crippen molar-refractivity contribution in [1.82, 2.24) is 10.2 Å². The van der Waals surface area contributed by atoms with Crippen LogP contribution in [-0.4, -0.2) is 48.2 Å². The fourth-order valence-electron chi connectivity index (χ4n) is 2.18. The van der Waals surface area contributed by atoms with Gasteiger partial charge < -0.3 is 15.3 Å². The Morgan fingerprint density at radius 3 is 2.79 bits per heavy atom. The molecule has 1 fully saturated rings. The van der Waals surface area contributed by atoms with Crippen molar-refractivity contribution in [3.63, 3.8) is 0 Å². The van der Waals surface area contributed by atoms with Gasteiger partial charge in [0.2, 0.25) is 5.91 Å². The fourth-order valence-corrected chi connectivity index (χ4v) is 2.18. The van der Waals surface area contributed by atoms with Crippen molar-refractivity contribution >= 4 is 5.91 Å². The number of nitrogens with zero attached hydrogens (tertiary/aromatic N) is 1. The van der Waals surface area contributed by atoms with E-state index in [1.54, 1.807) is 7.05 Å². The van der Waals surface area contributed by atoms with Crippen LogP contribution in [0.3, 0.4) is 0 Å². The van der Waals surface area contributed by atoms with Gasteiger partial charge in [0.25, 0.3) is 0 Å². The van der Waals surface area contributed by atoms with Crippen LogP contribution in [0.1, 0.15) is 5.56 Å². The summed E-state index contributed by atoms with van der Waals surface area (Å²) in [4.78, 5) is 13.4. The molecule has 0 radical (unpaired) electrons. The summed E-state index contributed by atoms with van der Waals surface area (Å²) in [5.41, 5.74) is 0.152. The third-order valence-electron chi connectivity index (χ3n) is 3.40. The third kappa shape index (κ3) is 3.08. The molecule has 2 atom stereocenters. The number of rotatable bonds is 3. The van der Waals surface area contributed by atoms with Gasteiger partial charge in [0.15, 0.2) is 0 Å². The molecule has 0 bridgehead atoms. The Bertz CT molecular complexity index is 482. The summed E-state index contributed by atoms with van der Waals surface area (Å²) >= 11 is 0. The van der Waals surface area contributed by atoms with Crippen LogP contribution in [0.5, 0.6) is 0 Å². The van der Waals surface area contributed by atoms with Crippen molar-refractivity contribution in [1.29, 1.82) is 0 Å². The van der Waals surface area contributed by atoms with E-state index >= 15 is 0 Å². The van der Waals surface area contributed by atoms with E-state index in [2.05, 4.69) is 5.32 Å². The molecule has 2 rings (SSSR count). The number of halogens is 2. The zero-order valence-corrected chi connectivity index (χ0v) is 10.6. The number of hydrogen-bond acceptors (Lipinski definition) is 3. The first-order valence-electron chi connectivity index (χ1n) is 6.07. The number of likely N-dealkylation sites (N-methyl/N-ethyl adjacent to an activating group) is 1. The van der Waals surface area contributed by atoms with Crippen LogP contribution in [0.15, 0.2) is 18.2 Å². The lowest BCUT2D eigenvalue weighted by Crippen LogP contribution is -2.44. The number of benzene rings is 1. The molecule has 0 aliphatic carbocycles. The van der Waals surface area contributed by atoms with Gasteiger partial charge in [-0.2, -0.15) is 0 Å². The van der Waals surface area contributed by atoms with Gasteiger partial charge in [0, 0.05) is 26.2 Å². The Morgan fingerprint density at radius 1 is 1.47 bits per heavy atom. The summed E-state index contributed by atoms with van der Waals surface area (Å²) in [6, 6.07) is 2.84. The molecule has 4 nitrogen and oxygen atoms in total. The highest BCUT2D eigenvalue weighted by molar-refractivity contribution is 5.79. The molecule has 1 aliphatic heterocycles. The van der Waals surface area contributed by atoms with E-state index < -0.39 is 17.7 Å². The third-order valence-corrected chi connectivity index (χ3v) is 3.40. The van der Waals surface area contributed by atoms with E-state index in [0.29, 0.717) is 13.1 Å². The molecule has 1 aliphatic rings. The zero-order chi connectivity index (χ0) is 14.0. The van der Waals surface area contributed by atoms with Crippen LogP contribution in [0.25, 0.3) is 0 Å². The maximum Gasteiger partial charge on any atom is 0.227 e. The average molecular weight is 270 g/mol. The first-order chi connectivity index (χ1) is 8.99. The molecule has 104 valence electrons. The van der Waals surface area contributed by atoms with Crippen LogP contribution in [0.4, 0.5) is 8.78 Å². The summed E-state index contributed by atoms with van der Waals surface area (Å²) in [7, 11) is 1.57. The van der Waals surface area contributed by atoms with Crippen LogP contribution < -0.4 is 5.32 Å². The molecule has 0 unspecified atom stereocenters. The maximum atomic E-state index is 13.5. The molecule has 2 N–H and O–H groups in total. The molecular formula is C13H16F2N2O2. The average Bonchev–Trinajstić information content (AvgIpc) is 2.78. The standard InChI is InChI=1S/C13H16F2N2O2/c1-17(11-6-16-7-12(11)18)13(19)4-8-2-3-9(14)5-10(8)15/h2-3,5,11-12,16,18H,4,6-7H2,1H3/t11-,12-/m1/s1. The van der Waals surface area contributed by atoms with Crippen molar-refractivity contribution in [2.24, 2.45) is 0 Å². The van der Waals surface area contributed by atoms with E-state index in [4.69, 9.17) is 0 Å². The Morgan fingerprint density at radius 2 is 2.21 bits per heavy atom. The highest BCUT2D eigenvalue weighted by atomic mass is 19.1. The van der Waals surface area contributed by atoms with Crippen LogP contribution in [0.2, 0.25) is 0 Å². The predicted octanol–water partition coefficient (Wildman–Crippen LogP) is 0.298. The number of aliphatic hydroxyl groups excluding tert-OH is 1. The molecule has 6 heteroatoms. The van der Waals surface area contributed by atoms with E-state index in [-0.39, 0.29) is 23.9 Å². The van der Waals surface area contributed by atoms with Crippen molar-refractivity contribution in [2.75, 3.05) is 20.1 Å². The van der Waals surface area contributed by atoms with E-state index in [9.17, 15) is 18.7 Å². The first kappa shape index (κ1) is 13.9. The fraction of sp³-hybridized carbons (Fsp3) is 0.462. The smallest absolute Gasteiger partial charge is 0.227 e. The number of nitrogens with one attached hydrogen (secondary N) is 1. The van der Waals surface area contributed by atoms with E-state index in [0.717, 1.165) is 12.1 Å². The molecule has 1 saturated heterocycles. The summed E-state index contributed by atoms with van der Waals surface area (Å²) in [5, 5.41) is 12.7. The summed E-state index contributed by atoms with van der Waals surface area (Å²) < 4.78 is 26.2. The minimum Gasteiger partial charge on any atom is -0.390 e.